The highest BCUT2D eigenvalue weighted by molar-refractivity contribution is 6.02. The Kier molecular flexibility index (Phi) is 4.96. The van der Waals surface area contributed by atoms with E-state index >= 15 is 0 Å². The maximum atomic E-state index is 12.0. The minimum atomic E-state index is -0.258. The molecule has 0 fully saturated rings. The minimum absolute atomic E-state index is 0.258. The molecule has 0 aliphatic heterocycles. The third-order valence-corrected chi connectivity index (χ3v) is 3.12. The monoisotopic (exact) mass is 272 g/mol. The molecule has 0 atom stereocenters. The lowest BCUT2D eigenvalue weighted by Gasteiger charge is -2.05. The Bertz CT molecular complexity index is 558. The van der Waals surface area contributed by atoms with Crippen molar-refractivity contribution >= 4 is 11.6 Å². The Hall–Kier alpha value is -2.07. The van der Waals surface area contributed by atoms with Crippen LogP contribution in [0.15, 0.2) is 40.8 Å². The number of unbranched alkanes of at least 4 members (excludes halogenated alkanes) is 1. The first-order valence-electron chi connectivity index (χ1n) is 6.92. The number of nitrogens with one attached hydrogen (secondary N) is 1. The van der Waals surface area contributed by atoms with Crippen LogP contribution < -0.4 is 11.1 Å². The summed E-state index contributed by atoms with van der Waals surface area (Å²) in [7, 11) is 0. The highest BCUT2D eigenvalue weighted by Crippen LogP contribution is 2.14. The zero-order chi connectivity index (χ0) is 14.4. The molecule has 1 heterocycles. The molecule has 2 rings (SSSR count). The van der Waals surface area contributed by atoms with Gasteiger partial charge in [0.2, 0.25) is 0 Å². The van der Waals surface area contributed by atoms with Crippen LogP contribution in [0.1, 0.15) is 41.6 Å². The molecular weight excluding hydrogens is 252 g/mol. The van der Waals surface area contributed by atoms with E-state index in [4.69, 9.17) is 10.2 Å². The van der Waals surface area contributed by atoms with Gasteiger partial charge in [-0.25, -0.2) is 0 Å². The summed E-state index contributed by atoms with van der Waals surface area (Å²) in [6.07, 6.45) is 3.43. The molecule has 2 aromatic rings. The molecule has 0 saturated carbocycles. The van der Waals surface area contributed by atoms with Gasteiger partial charge < -0.3 is 15.5 Å². The average Bonchev–Trinajstić information content (AvgIpc) is 2.95. The van der Waals surface area contributed by atoms with Gasteiger partial charge in [0.25, 0.3) is 5.91 Å². The number of benzene rings is 1. The van der Waals surface area contributed by atoms with Gasteiger partial charge in [-0.1, -0.05) is 25.5 Å². The fourth-order valence-electron chi connectivity index (χ4n) is 1.94. The summed E-state index contributed by atoms with van der Waals surface area (Å²) in [5.74, 6) is 0.622. The molecule has 0 unspecified atom stereocenters. The van der Waals surface area contributed by atoms with Crippen molar-refractivity contribution in [2.75, 3.05) is 5.32 Å². The predicted octanol–water partition coefficient (Wildman–Crippen LogP) is 3.33. The first-order chi connectivity index (χ1) is 9.72. The van der Waals surface area contributed by atoms with Gasteiger partial charge in [-0.05, 0) is 42.7 Å². The van der Waals surface area contributed by atoms with E-state index in [1.54, 1.807) is 12.1 Å². The molecule has 1 amide bonds. The normalized spacial score (nSPS) is 10.5. The molecule has 0 spiro atoms. The zero-order valence-corrected chi connectivity index (χ0v) is 11.7. The van der Waals surface area contributed by atoms with Crippen molar-refractivity contribution in [2.24, 2.45) is 5.73 Å². The smallest absolute Gasteiger partial charge is 0.291 e. The van der Waals surface area contributed by atoms with Crippen molar-refractivity contribution in [2.45, 2.75) is 32.7 Å². The van der Waals surface area contributed by atoms with Crippen LogP contribution >= 0.6 is 0 Å². The highest BCUT2D eigenvalue weighted by Gasteiger charge is 2.10. The molecule has 4 nitrogen and oxygen atoms in total. The summed E-state index contributed by atoms with van der Waals surface area (Å²) in [4.78, 5) is 12.0. The molecule has 1 aromatic carbocycles. The molecule has 0 aliphatic carbocycles. The molecule has 106 valence electrons. The third-order valence-electron chi connectivity index (χ3n) is 3.12. The SMILES string of the molecule is CCCCc1ccc(NC(=O)c2ccc(CN)o2)cc1. The molecule has 0 saturated heterocycles. The summed E-state index contributed by atoms with van der Waals surface area (Å²) in [5.41, 5.74) is 7.50. The number of anilines is 1. The van der Waals surface area contributed by atoms with Gasteiger partial charge in [-0.3, -0.25) is 4.79 Å². The van der Waals surface area contributed by atoms with Gasteiger partial charge in [0.15, 0.2) is 5.76 Å². The topological polar surface area (TPSA) is 68.3 Å². The summed E-state index contributed by atoms with van der Waals surface area (Å²) in [6.45, 7) is 2.47. The summed E-state index contributed by atoms with van der Waals surface area (Å²) >= 11 is 0. The maximum absolute atomic E-state index is 12.0. The predicted molar refractivity (Wildman–Crippen MR) is 79.6 cm³/mol. The Morgan fingerprint density at radius 3 is 2.55 bits per heavy atom. The van der Waals surface area contributed by atoms with Gasteiger partial charge in [0.1, 0.15) is 5.76 Å². The first kappa shape index (κ1) is 14.3. The van der Waals surface area contributed by atoms with Crippen LogP contribution in [0.5, 0.6) is 0 Å². The number of nitrogens with two attached hydrogens (primary N) is 1. The van der Waals surface area contributed by atoms with Gasteiger partial charge >= 0.3 is 0 Å². The Labute approximate surface area is 119 Å². The number of carbonyl (C=O) groups is 1. The third kappa shape index (κ3) is 3.71. The van der Waals surface area contributed by atoms with Gasteiger partial charge in [-0.2, -0.15) is 0 Å². The molecule has 0 bridgehead atoms. The van der Waals surface area contributed by atoms with Crippen molar-refractivity contribution in [3.05, 3.63) is 53.5 Å². The Balaban J connectivity index is 1.97. The fraction of sp³-hybridized carbons (Fsp3) is 0.312. The van der Waals surface area contributed by atoms with E-state index in [-0.39, 0.29) is 11.7 Å². The van der Waals surface area contributed by atoms with Crippen LogP contribution in [0.4, 0.5) is 5.69 Å². The van der Waals surface area contributed by atoms with Crippen LogP contribution in [0, 0.1) is 0 Å². The van der Waals surface area contributed by atoms with Crippen LogP contribution in [-0.2, 0) is 13.0 Å². The fourth-order valence-corrected chi connectivity index (χ4v) is 1.94. The van der Waals surface area contributed by atoms with Crippen molar-refractivity contribution in [3.8, 4) is 0 Å². The largest absolute Gasteiger partial charge is 0.455 e. The molecule has 20 heavy (non-hydrogen) atoms. The lowest BCUT2D eigenvalue weighted by molar-refractivity contribution is 0.0995. The second-order valence-corrected chi connectivity index (χ2v) is 4.72. The lowest BCUT2D eigenvalue weighted by Crippen LogP contribution is -2.10. The van der Waals surface area contributed by atoms with Gasteiger partial charge in [0.05, 0.1) is 6.54 Å². The number of amides is 1. The van der Waals surface area contributed by atoms with Crippen molar-refractivity contribution in [3.63, 3.8) is 0 Å². The Morgan fingerprint density at radius 1 is 1.20 bits per heavy atom. The van der Waals surface area contributed by atoms with E-state index in [1.165, 1.54) is 18.4 Å². The number of rotatable bonds is 6. The van der Waals surface area contributed by atoms with Crippen LogP contribution in [0.2, 0.25) is 0 Å². The minimum Gasteiger partial charge on any atom is -0.455 e. The van der Waals surface area contributed by atoms with Gasteiger partial charge in [0, 0.05) is 5.69 Å². The standard InChI is InChI=1S/C16H20N2O2/c1-2-3-4-12-5-7-13(8-6-12)18-16(19)15-10-9-14(11-17)20-15/h5-10H,2-4,11,17H2,1H3,(H,18,19). The second-order valence-electron chi connectivity index (χ2n) is 4.72. The molecule has 3 N–H and O–H groups in total. The molecule has 1 aromatic heterocycles. The van der Waals surface area contributed by atoms with E-state index in [0.29, 0.717) is 12.3 Å². The number of furan rings is 1. The van der Waals surface area contributed by atoms with Crippen molar-refractivity contribution in [1.82, 2.24) is 0 Å². The molecule has 4 heteroatoms. The number of aryl methyl sites for hydroxylation is 1. The molecular formula is C16H20N2O2. The average molecular weight is 272 g/mol. The van der Waals surface area contributed by atoms with Crippen LogP contribution in [-0.4, -0.2) is 5.91 Å². The first-order valence-corrected chi connectivity index (χ1v) is 6.92. The summed E-state index contributed by atoms with van der Waals surface area (Å²) in [6, 6.07) is 11.2. The summed E-state index contributed by atoms with van der Waals surface area (Å²) < 4.78 is 5.31. The van der Waals surface area contributed by atoms with E-state index in [9.17, 15) is 4.79 Å². The van der Waals surface area contributed by atoms with Crippen LogP contribution in [0.3, 0.4) is 0 Å². The van der Waals surface area contributed by atoms with E-state index in [2.05, 4.69) is 12.2 Å². The van der Waals surface area contributed by atoms with E-state index < -0.39 is 0 Å². The van der Waals surface area contributed by atoms with Gasteiger partial charge in [-0.15, -0.1) is 0 Å². The number of carbonyl (C=O) groups excluding carboxylic acids is 1. The molecule has 0 radical (unpaired) electrons. The lowest BCUT2D eigenvalue weighted by atomic mass is 10.1. The highest BCUT2D eigenvalue weighted by atomic mass is 16.4. The summed E-state index contributed by atoms with van der Waals surface area (Å²) in [5, 5.41) is 2.81. The number of hydrogen-bond acceptors (Lipinski definition) is 3. The van der Waals surface area contributed by atoms with Crippen LogP contribution in [0.25, 0.3) is 0 Å². The van der Waals surface area contributed by atoms with Crippen molar-refractivity contribution < 1.29 is 9.21 Å². The van der Waals surface area contributed by atoms with E-state index in [0.717, 1.165) is 12.1 Å². The molecule has 0 aliphatic rings. The zero-order valence-electron chi connectivity index (χ0n) is 11.7. The second kappa shape index (κ2) is 6.91. The van der Waals surface area contributed by atoms with Crippen molar-refractivity contribution in [1.29, 1.82) is 0 Å². The van der Waals surface area contributed by atoms with E-state index in [1.807, 2.05) is 24.3 Å². The Morgan fingerprint density at radius 2 is 1.95 bits per heavy atom. The quantitative estimate of drug-likeness (QED) is 0.847. The maximum Gasteiger partial charge on any atom is 0.291 e. The number of hydrogen-bond donors (Lipinski definition) is 2.